The molecule has 0 unspecified atom stereocenters. The molecule has 116 valence electrons. The molecule has 2 amide bonds. The van der Waals surface area contributed by atoms with Gasteiger partial charge < -0.3 is 20.4 Å². The third kappa shape index (κ3) is 6.27. The number of carboxylic acids is 1. The summed E-state index contributed by atoms with van der Waals surface area (Å²) in [4.78, 5) is 24.2. The minimum absolute atomic E-state index is 0.0594. The van der Waals surface area contributed by atoms with E-state index >= 15 is 0 Å². The topological polar surface area (TPSA) is 89.9 Å². The number of hydrogen-bond donors (Lipinski definition) is 3. The average molecular weight is 294 g/mol. The van der Waals surface area contributed by atoms with Crippen LogP contribution in [0.1, 0.15) is 25.3 Å². The number of carboxylic acid groups (broad SMARTS) is 1. The molecule has 21 heavy (non-hydrogen) atoms. The molecule has 0 aliphatic rings. The van der Waals surface area contributed by atoms with Crippen molar-refractivity contribution in [2.45, 2.75) is 26.2 Å². The molecular formula is C15H22N2O4. The Kier molecular flexibility index (Phi) is 7.25. The van der Waals surface area contributed by atoms with E-state index in [1.165, 1.54) is 0 Å². The van der Waals surface area contributed by atoms with Crippen LogP contribution < -0.4 is 5.32 Å². The molecule has 0 atom stereocenters. The van der Waals surface area contributed by atoms with Crippen LogP contribution in [0.15, 0.2) is 24.3 Å². The number of aliphatic hydroxyl groups excluding tert-OH is 1. The number of carbonyl (C=O) groups excluding carboxylic acids is 1. The van der Waals surface area contributed by atoms with Gasteiger partial charge in [-0.15, -0.1) is 0 Å². The van der Waals surface area contributed by atoms with Gasteiger partial charge in [0.1, 0.15) is 0 Å². The van der Waals surface area contributed by atoms with Gasteiger partial charge in [0.15, 0.2) is 0 Å². The minimum atomic E-state index is -0.846. The number of rotatable bonds is 8. The molecule has 0 bridgehead atoms. The molecule has 0 saturated heterocycles. The van der Waals surface area contributed by atoms with Crippen LogP contribution >= 0.6 is 0 Å². The predicted molar refractivity (Wildman–Crippen MR) is 80.4 cm³/mol. The molecule has 0 heterocycles. The van der Waals surface area contributed by atoms with E-state index in [-0.39, 0.29) is 19.1 Å². The molecule has 1 aromatic rings. The van der Waals surface area contributed by atoms with Gasteiger partial charge in [-0.1, -0.05) is 19.1 Å². The summed E-state index contributed by atoms with van der Waals surface area (Å²) >= 11 is 0. The first-order valence-corrected chi connectivity index (χ1v) is 7.04. The fourth-order valence-electron chi connectivity index (χ4n) is 1.96. The van der Waals surface area contributed by atoms with E-state index < -0.39 is 5.97 Å². The highest BCUT2D eigenvalue weighted by Crippen LogP contribution is 2.13. The quantitative estimate of drug-likeness (QED) is 0.683. The van der Waals surface area contributed by atoms with E-state index in [0.717, 1.165) is 12.0 Å². The van der Waals surface area contributed by atoms with Crippen LogP contribution in [0.4, 0.5) is 10.5 Å². The molecule has 0 spiro atoms. The Morgan fingerprint density at radius 3 is 2.67 bits per heavy atom. The maximum Gasteiger partial charge on any atom is 0.321 e. The Bertz CT molecular complexity index is 470. The summed E-state index contributed by atoms with van der Waals surface area (Å²) in [7, 11) is 0. The van der Waals surface area contributed by atoms with Gasteiger partial charge in [-0.3, -0.25) is 4.79 Å². The molecule has 0 aliphatic carbocycles. The summed E-state index contributed by atoms with van der Waals surface area (Å²) in [5.74, 6) is -0.846. The lowest BCUT2D eigenvalue weighted by atomic mass is 10.1. The van der Waals surface area contributed by atoms with Crippen molar-refractivity contribution < 1.29 is 19.8 Å². The number of benzene rings is 1. The van der Waals surface area contributed by atoms with Crippen molar-refractivity contribution >= 4 is 17.7 Å². The van der Waals surface area contributed by atoms with Crippen molar-refractivity contribution in [1.29, 1.82) is 0 Å². The van der Waals surface area contributed by atoms with Crippen molar-refractivity contribution in [2.24, 2.45) is 0 Å². The summed E-state index contributed by atoms with van der Waals surface area (Å²) in [6.45, 7) is 2.75. The van der Waals surface area contributed by atoms with Gasteiger partial charge in [0.25, 0.3) is 0 Å². The van der Waals surface area contributed by atoms with Crippen LogP contribution in [0.25, 0.3) is 0 Å². The molecule has 6 nitrogen and oxygen atoms in total. The maximum atomic E-state index is 12.1. The fourth-order valence-corrected chi connectivity index (χ4v) is 1.96. The van der Waals surface area contributed by atoms with E-state index in [4.69, 9.17) is 10.2 Å². The summed E-state index contributed by atoms with van der Waals surface area (Å²) in [6.07, 6.45) is 1.30. The molecule has 0 radical (unpaired) electrons. The van der Waals surface area contributed by atoms with Crippen molar-refractivity contribution in [3.8, 4) is 0 Å². The molecule has 6 heteroatoms. The number of aryl methyl sites for hydroxylation is 1. The predicted octanol–water partition coefficient (Wildman–Crippen LogP) is 1.94. The first kappa shape index (κ1) is 17.0. The van der Waals surface area contributed by atoms with Gasteiger partial charge >= 0.3 is 12.0 Å². The second kappa shape index (κ2) is 8.97. The minimum Gasteiger partial charge on any atom is -0.481 e. The summed E-state index contributed by atoms with van der Waals surface area (Å²) in [6, 6.07) is 6.87. The first-order chi connectivity index (χ1) is 10.1. The van der Waals surface area contributed by atoms with E-state index in [0.29, 0.717) is 25.2 Å². The highest BCUT2D eigenvalue weighted by Gasteiger charge is 2.12. The molecule has 0 fully saturated rings. The van der Waals surface area contributed by atoms with Gasteiger partial charge in [-0.25, -0.2) is 4.79 Å². The second-order valence-corrected chi connectivity index (χ2v) is 4.73. The first-order valence-electron chi connectivity index (χ1n) is 7.04. The number of aliphatic hydroxyl groups is 1. The lowest BCUT2D eigenvalue weighted by Crippen LogP contribution is -2.37. The van der Waals surface area contributed by atoms with Crippen molar-refractivity contribution in [1.82, 2.24) is 4.90 Å². The van der Waals surface area contributed by atoms with Crippen molar-refractivity contribution in [3.05, 3.63) is 29.8 Å². The Morgan fingerprint density at radius 1 is 1.29 bits per heavy atom. The summed E-state index contributed by atoms with van der Waals surface area (Å²) in [5.41, 5.74) is 1.49. The normalized spacial score (nSPS) is 10.2. The molecule has 0 aliphatic heterocycles. The lowest BCUT2D eigenvalue weighted by Gasteiger charge is -2.21. The third-order valence-corrected chi connectivity index (χ3v) is 2.96. The molecule has 1 rings (SSSR count). The molecule has 0 aromatic heterocycles. The fraction of sp³-hybridized carbons (Fsp3) is 0.467. The van der Waals surface area contributed by atoms with E-state index in [1.807, 2.05) is 13.0 Å². The van der Waals surface area contributed by atoms with Crippen LogP contribution in [0.5, 0.6) is 0 Å². The number of aliphatic carboxylic acids is 1. The molecule has 0 saturated carbocycles. The van der Waals surface area contributed by atoms with Crippen LogP contribution in [0, 0.1) is 0 Å². The Morgan fingerprint density at radius 2 is 2.05 bits per heavy atom. The van der Waals surface area contributed by atoms with Crippen LogP contribution in [0.2, 0.25) is 0 Å². The number of nitrogens with zero attached hydrogens (tertiary/aromatic N) is 1. The number of hydrogen-bond acceptors (Lipinski definition) is 3. The zero-order valence-corrected chi connectivity index (χ0v) is 12.2. The summed E-state index contributed by atoms with van der Waals surface area (Å²) in [5, 5.41) is 20.4. The smallest absolute Gasteiger partial charge is 0.321 e. The van der Waals surface area contributed by atoms with Gasteiger partial charge in [-0.05, 0) is 30.5 Å². The maximum absolute atomic E-state index is 12.1. The van der Waals surface area contributed by atoms with Gasteiger partial charge in [0.2, 0.25) is 0 Å². The number of anilines is 1. The standard InChI is InChI=1S/C15H22N2O4/c1-2-8-17(9-10-18)15(21)16-13-5-3-4-12(11-13)6-7-14(19)20/h3-5,11,18H,2,6-10H2,1H3,(H,16,21)(H,19,20). The monoisotopic (exact) mass is 294 g/mol. The van der Waals surface area contributed by atoms with Crippen LogP contribution in [-0.2, 0) is 11.2 Å². The van der Waals surface area contributed by atoms with E-state index in [9.17, 15) is 9.59 Å². The Balaban J connectivity index is 2.66. The largest absolute Gasteiger partial charge is 0.481 e. The number of amides is 2. The van der Waals surface area contributed by atoms with E-state index in [1.54, 1.807) is 23.1 Å². The highest BCUT2D eigenvalue weighted by atomic mass is 16.4. The number of urea groups is 1. The van der Waals surface area contributed by atoms with Gasteiger partial charge in [0.05, 0.1) is 6.61 Å². The third-order valence-electron chi connectivity index (χ3n) is 2.96. The zero-order chi connectivity index (χ0) is 15.7. The Labute approximate surface area is 124 Å². The number of carbonyl (C=O) groups is 2. The lowest BCUT2D eigenvalue weighted by molar-refractivity contribution is -0.136. The molecule has 1 aromatic carbocycles. The SMILES string of the molecule is CCCN(CCO)C(=O)Nc1cccc(CCC(=O)O)c1. The molecule has 3 N–H and O–H groups in total. The van der Waals surface area contributed by atoms with Gasteiger partial charge in [-0.2, -0.15) is 0 Å². The second-order valence-electron chi connectivity index (χ2n) is 4.73. The van der Waals surface area contributed by atoms with Crippen molar-refractivity contribution in [3.63, 3.8) is 0 Å². The van der Waals surface area contributed by atoms with Crippen LogP contribution in [0.3, 0.4) is 0 Å². The number of nitrogens with one attached hydrogen (secondary N) is 1. The zero-order valence-electron chi connectivity index (χ0n) is 12.2. The van der Waals surface area contributed by atoms with Gasteiger partial charge in [0, 0.05) is 25.2 Å². The van der Waals surface area contributed by atoms with E-state index in [2.05, 4.69) is 5.32 Å². The Hall–Kier alpha value is -2.08. The average Bonchev–Trinajstić information content (AvgIpc) is 2.45. The van der Waals surface area contributed by atoms with Crippen molar-refractivity contribution in [2.75, 3.05) is 25.0 Å². The highest BCUT2D eigenvalue weighted by molar-refractivity contribution is 5.89. The molecular weight excluding hydrogens is 272 g/mol. The van der Waals surface area contributed by atoms with Crippen LogP contribution in [-0.4, -0.2) is 46.8 Å². The summed E-state index contributed by atoms with van der Waals surface area (Å²) < 4.78 is 0.